The summed E-state index contributed by atoms with van der Waals surface area (Å²) in [6.45, 7) is 8.39. The molecular formula is C21H36FN5O2. The number of hydrogen-bond donors (Lipinski definition) is 4. The van der Waals surface area contributed by atoms with Gasteiger partial charge in [-0.15, -0.1) is 0 Å². The Bertz CT molecular complexity index is 614. The highest BCUT2D eigenvalue weighted by molar-refractivity contribution is 5.98. The topological polar surface area (TPSA) is 109 Å². The molecule has 0 aliphatic heterocycles. The SMILES string of the molecule is C=C/C(=N\N(N)C/C=C(/F)CNCN)C(CC)OC/C=C\C(=C/C)[C@@H](O)C1CC1. The average molecular weight is 410 g/mol. The third-order valence-corrected chi connectivity index (χ3v) is 4.54. The van der Waals surface area contributed by atoms with Crippen molar-refractivity contribution < 1.29 is 14.2 Å². The molecule has 1 saturated carbocycles. The number of nitrogens with one attached hydrogen (secondary N) is 1. The Balaban J connectivity index is 2.57. The molecule has 7 nitrogen and oxygen atoms in total. The van der Waals surface area contributed by atoms with Crippen LogP contribution < -0.4 is 16.9 Å². The van der Waals surface area contributed by atoms with Gasteiger partial charge in [-0.2, -0.15) is 5.10 Å². The van der Waals surface area contributed by atoms with Crippen LogP contribution in [-0.2, 0) is 4.74 Å². The molecular weight excluding hydrogens is 373 g/mol. The molecule has 0 aromatic heterocycles. The molecule has 29 heavy (non-hydrogen) atoms. The summed E-state index contributed by atoms with van der Waals surface area (Å²) in [5.74, 6) is 5.86. The first-order valence-electron chi connectivity index (χ1n) is 10.1. The van der Waals surface area contributed by atoms with Gasteiger partial charge in [0.15, 0.2) is 0 Å². The summed E-state index contributed by atoms with van der Waals surface area (Å²) < 4.78 is 19.4. The Morgan fingerprint density at radius 2 is 2.21 bits per heavy atom. The van der Waals surface area contributed by atoms with Crippen LogP contribution in [0.4, 0.5) is 4.39 Å². The minimum atomic E-state index is -0.400. The number of hydrazone groups is 1. The first kappa shape index (κ1) is 25.2. The zero-order valence-corrected chi connectivity index (χ0v) is 17.6. The van der Waals surface area contributed by atoms with E-state index in [1.165, 1.54) is 6.08 Å². The third-order valence-electron chi connectivity index (χ3n) is 4.54. The maximum atomic E-state index is 13.5. The fraction of sp³-hybridized carbons (Fsp3) is 0.571. The van der Waals surface area contributed by atoms with Crippen LogP contribution in [0.2, 0.25) is 0 Å². The number of rotatable bonds is 15. The van der Waals surface area contributed by atoms with E-state index >= 15 is 0 Å². The second-order valence-corrected chi connectivity index (χ2v) is 6.84. The normalized spacial score (nSPS) is 18.2. The van der Waals surface area contributed by atoms with Gasteiger partial charge in [0, 0.05) is 13.2 Å². The van der Waals surface area contributed by atoms with Crippen LogP contribution in [0.3, 0.4) is 0 Å². The second kappa shape index (κ2) is 14.2. The summed E-state index contributed by atoms with van der Waals surface area (Å²) in [5.41, 5.74) is 6.74. The van der Waals surface area contributed by atoms with Crippen LogP contribution in [0.1, 0.15) is 33.1 Å². The van der Waals surface area contributed by atoms with E-state index in [4.69, 9.17) is 16.3 Å². The van der Waals surface area contributed by atoms with Gasteiger partial charge in [0.1, 0.15) is 11.9 Å². The number of aliphatic hydroxyl groups is 1. The number of halogens is 1. The first-order chi connectivity index (χ1) is 14.0. The largest absolute Gasteiger partial charge is 0.388 e. The van der Waals surface area contributed by atoms with Gasteiger partial charge in [-0.25, -0.2) is 15.4 Å². The van der Waals surface area contributed by atoms with E-state index in [1.807, 2.05) is 32.1 Å². The molecule has 164 valence electrons. The van der Waals surface area contributed by atoms with E-state index in [2.05, 4.69) is 17.0 Å². The van der Waals surface area contributed by atoms with Gasteiger partial charge in [-0.3, -0.25) is 5.32 Å². The number of aliphatic hydroxyl groups excluding tert-OH is 1. The lowest BCUT2D eigenvalue weighted by molar-refractivity contribution is 0.118. The Morgan fingerprint density at radius 1 is 1.48 bits per heavy atom. The zero-order chi connectivity index (χ0) is 21.6. The molecule has 2 atom stereocenters. The summed E-state index contributed by atoms with van der Waals surface area (Å²) in [6, 6.07) is 0. The highest BCUT2D eigenvalue weighted by atomic mass is 19.1. The van der Waals surface area contributed by atoms with Gasteiger partial charge >= 0.3 is 0 Å². The van der Waals surface area contributed by atoms with E-state index in [-0.39, 0.29) is 31.7 Å². The quantitative estimate of drug-likeness (QED) is 0.108. The zero-order valence-electron chi connectivity index (χ0n) is 17.6. The lowest BCUT2D eigenvalue weighted by Gasteiger charge is -2.18. The van der Waals surface area contributed by atoms with Crippen molar-refractivity contribution in [3.05, 3.63) is 48.4 Å². The van der Waals surface area contributed by atoms with Crippen LogP contribution in [0.15, 0.2) is 53.5 Å². The van der Waals surface area contributed by atoms with Crippen molar-refractivity contribution in [1.29, 1.82) is 0 Å². The number of ether oxygens (including phenoxy) is 1. The minimum absolute atomic E-state index is 0.0546. The van der Waals surface area contributed by atoms with Crippen molar-refractivity contribution in [3.8, 4) is 0 Å². The Kier molecular flexibility index (Phi) is 12.3. The fourth-order valence-electron chi connectivity index (χ4n) is 2.70. The first-order valence-corrected chi connectivity index (χ1v) is 10.1. The molecule has 1 aliphatic carbocycles. The molecule has 1 rings (SSSR count). The molecule has 0 heterocycles. The molecule has 1 unspecified atom stereocenters. The lowest BCUT2D eigenvalue weighted by Crippen LogP contribution is -2.31. The van der Waals surface area contributed by atoms with Crippen molar-refractivity contribution in [2.75, 3.05) is 26.4 Å². The molecule has 0 saturated heterocycles. The maximum Gasteiger partial charge on any atom is 0.112 e. The fourth-order valence-corrected chi connectivity index (χ4v) is 2.70. The lowest BCUT2D eigenvalue weighted by atomic mass is 10.1. The van der Waals surface area contributed by atoms with Crippen molar-refractivity contribution in [3.63, 3.8) is 0 Å². The van der Waals surface area contributed by atoms with E-state index in [0.29, 0.717) is 24.7 Å². The maximum absolute atomic E-state index is 13.5. The van der Waals surface area contributed by atoms with Gasteiger partial charge in [0.25, 0.3) is 0 Å². The van der Waals surface area contributed by atoms with E-state index in [0.717, 1.165) is 23.5 Å². The summed E-state index contributed by atoms with van der Waals surface area (Å²) in [5, 5.41) is 18.3. The molecule has 0 radical (unpaired) electrons. The predicted octanol–water partition coefficient (Wildman–Crippen LogP) is 2.13. The van der Waals surface area contributed by atoms with Gasteiger partial charge in [0.05, 0.1) is 25.0 Å². The Morgan fingerprint density at radius 3 is 2.76 bits per heavy atom. The van der Waals surface area contributed by atoms with Gasteiger partial charge < -0.3 is 15.6 Å². The number of nitrogens with two attached hydrogens (primary N) is 2. The van der Waals surface area contributed by atoms with Crippen molar-refractivity contribution in [2.45, 2.75) is 45.3 Å². The van der Waals surface area contributed by atoms with Crippen LogP contribution in [-0.4, -0.2) is 54.5 Å². The molecule has 1 aliphatic rings. The Hall–Kier alpha value is -1.84. The van der Waals surface area contributed by atoms with Gasteiger partial charge in [0.2, 0.25) is 0 Å². The highest BCUT2D eigenvalue weighted by Crippen LogP contribution is 2.35. The predicted molar refractivity (Wildman–Crippen MR) is 116 cm³/mol. The van der Waals surface area contributed by atoms with Crippen LogP contribution in [0.25, 0.3) is 0 Å². The number of hydrazine groups is 1. The number of nitrogens with zero attached hydrogens (tertiary/aromatic N) is 2. The average Bonchev–Trinajstić information content (AvgIpc) is 3.57. The highest BCUT2D eigenvalue weighted by Gasteiger charge is 2.30. The molecule has 0 aromatic rings. The van der Waals surface area contributed by atoms with Crippen LogP contribution >= 0.6 is 0 Å². The monoisotopic (exact) mass is 409 g/mol. The van der Waals surface area contributed by atoms with E-state index in [9.17, 15) is 9.50 Å². The Labute approximate surface area is 173 Å². The van der Waals surface area contributed by atoms with Gasteiger partial charge in [-0.05, 0) is 49.8 Å². The van der Waals surface area contributed by atoms with Crippen LogP contribution in [0.5, 0.6) is 0 Å². The number of hydrogen-bond acceptors (Lipinski definition) is 7. The molecule has 0 spiro atoms. The minimum Gasteiger partial charge on any atom is -0.388 e. The number of allylic oxidation sites excluding steroid dienone is 1. The van der Waals surface area contributed by atoms with E-state index < -0.39 is 6.10 Å². The molecule has 0 amide bonds. The van der Waals surface area contributed by atoms with E-state index in [1.54, 1.807) is 6.08 Å². The smallest absolute Gasteiger partial charge is 0.112 e. The summed E-state index contributed by atoms with van der Waals surface area (Å²) in [7, 11) is 0. The summed E-state index contributed by atoms with van der Waals surface area (Å²) in [6.07, 6.45) is 10.8. The molecule has 1 fully saturated rings. The van der Waals surface area contributed by atoms with Crippen molar-refractivity contribution >= 4 is 5.71 Å². The summed E-state index contributed by atoms with van der Waals surface area (Å²) >= 11 is 0. The third kappa shape index (κ3) is 9.96. The molecule has 0 aromatic carbocycles. The molecule has 0 bridgehead atoms. The second-order valence-electron chi connectivity index (χ2n) is 6.84. The molecule has 8 heteroatoms. The standard InChI is InChI=1S/C21H36FN5O2/c1-4-16(21(28)17-9-10-17)8-7-13-29-20(6-3)19(5-2)26-27(24)12-11-18(22)14-25-15-23/h4-5,7-8,11,17,20-21,25,28H,2,6,9-10,12-15,23-24H2,1,3H3/b8-7-,16-4+,18-11+,26-19+/t20?,21-/m1/s1. The molecule has 6 N–H and O–H groups in total. The van der Waals surface area contributed by atoms with Gasteiger partial charge in [-0.1, -0.05) is 31.7 Å². The van der Waals surface area contributed by atoms with Crippen LogP contribution in [0, 0.1) is 5.92 Å². The summed E-state index contributed by atoms with van der Waals surface area (Å²) in [4.78, 5) is 0. The van der Waals surface area contributed by atoms with Crippen molar-refractivity contribution in [2.24, 2.45) is 22.6 Å². The van der Waals surface area contributed by atoms with Crippen molar-refractivity contribution in [1.82, 2.24) is 10.4 Å².